The minimum atomic E-state index is 0.414. The Balaban J connectivity index is 2.50. The highest BCUT2D eigenvalue weighted by Crippen LogP contribution is 2.35. The van der Waals surface area contributed by atoms with Crippen molar-refractivity contribution in [2.75, 3.05) is 5.88 Å². The summed E-state index contributed by atoms with van der Waals surface area (Å²) < 4.78 is 0. The molecule has 0 bridgehead atoms. The molecule has 0 aliphatic rings. The fourth-order valence-corrected chi connectivity index (χ4v) is 2.76. The van der Waals surface area contributed by atoms with Gasteiger partial charge in [0.1, 0.15) is 0 Å². The number of benzene rings is 2. The van der Waals surface area contributed by atoms with Crippen LogP contribution < -0.4 is 0 Å². The van der Waals surface area contributed by atoms with Gasteiger partial charge in [-0.1, -0.05) is 47.0 Å². The lowest BCUT2D eigenvalue weighted by molar-refractivity contribution is 1.37. The van der Waals surface area contributed by atoms with Crippen LogP contribution in [0.3, 0.4) is 0 Å². The average Bonchev–Trinajstić information content (AvgIpc) is 2.40. The molecule has 96 valence electrons. The summed E-state index contributed by atoms with van der Waals surface area (Å²) in [6, 6.07) is 11.8. The zero-order valence-corrected chi connectivity index (χ0v) is 12.6. The molecule has 1 nitrogen and oxygen atoms in total. The van der Waals surface area contributed by atoms with Crippen molar-refractivity contribution in [2.45, 2.75) is 11.8 Å². The first-order valence-electron chi connectivity index (χ1n) is 5.64. The van der Waals surface area contributed by atoms with Crippen LogP contribution in [0.15, 0.2) is 41.3 Å². The highest BCUT2D eigenvalue weighted by molar-refractivity contribution is 7.99. The molecule has 0 saturated heterocycles. The Morgan fingerprint density at radius 3 is 2.58 bits per heavy atom. The molecule has 0 atom stereocenters. The van der Waals surface area contributed by atoms with Crippen LogP contribution in [0.25, 0.3) is 16.0 Å². The molecule has 0 aromatic heterocycles. The monoisotopic (exact) mass is 307 g/mol. The van der Waals surface area contributed by atoms with Crippen molar-refractivity contribution in [1.29, 1.82) is 0 Å². The Labute approximate surface area is 127 Å². The SMILES string of the molecule is [C-]#[N+]CSc1ccc(C)cc1-c1ccc(Cl)c(Cl)c1. The average molecular weight is 308 g/mol. The van der Waals surface area contributed by atoms with Gasteiger partial charge in [0, 0.05) is 4.90 Å². The van der Waals surface area contributed by atoms with Crippen LogP contribution in [0, 0.1) is 13.5 Å². The standard InChI is InChI=1S/C15H11Cl2NS/c1-10-3-6-15(19-9-18-2)12(7-10)11-4-5-13(16)14(17)8-11/h3-8H,9H2,1H3. The van der Waals surface area contributed by atoms with E-state index < -0.39 is 0 Å². The van der Waals surface area contributed by atoms with Crippen molar-refractivity contribution in [2.24, 2.45) is 0 Å². The van der Waals surface area contributed by atoms with E-state index in [1.807, 2.05) is 31.2 Å². The summed E-state index contributed by atoms with van der Waals surface area (Å²) in [7, 11) is 0. The molecule has 4 heteroatoms. The number of aryl methyl sites for hydroxylation is 1. The van der Waals surface area contributed by atoms with Crippen molar-refractivity contribution in [3.8, 4) is 11.1 Å². The van der Waals surface area contributed by atoms with Crippen LogP contribution >= 0.6 is 35.0 Å². The first kappa shape index (κ1) is 14.3. The Bertz CT molecular complexity index is 647. The van der Waals surface area contributed by atoms with Gasteiger partial charge >= 0.3 is 0 Å². The molecular formula is C15H11Cl2NS. The number of halogens is 2. The van der Waals surface area contributed by atoms with Crippen molar-refractivity contribution >= 4 is 35.0 Å². The van der Waals surface area contributed by atoms with Gasteiger partial charge in [-0.25, -0.2) is 6.57 Å². The zero-order chi connectivity index (χ0) is 13.8. The first-order valence-corrected chi connectivity index (χ1v) is 7.38. The van der Waals surface area contributed by atoms with Gasteiger partial charge in [0.05, 0.1) is 10.0 Å². The Morgan fingerprint density at radius 1 is 1.11 bits per heavy atom. The van der Waals surface area contributed by atoms with Crippen LogP contribution in [0.5, 0.6) is 0 Å². The highest BCUT2D eigenvalue weighted by Gasteiger charge is 2.09. The molecule has 0 heterocycles. The van der Waals surface area contributed by atoms with Crippen LogP contribution in [0.1, 0.15) is 5.56 Å². The number of hydrogen-bond acceptors (Lipinski definition) is 1. The minimum Gasteiger partial charge on any atom is -0.305 e. The smallest absolute Gasteiger partial charge is 0.264 e. The second-order valence-electron chi connectivity index (χ2n) is 4.06. The van der Waals surface area contributed by atoms with Crippen LogP contribution in [0.2, 0.25) is 10.0 Å². The molecule has 0 radical (unpaired) electrons. The summed E-state index contributed by atoms with van der Waals surface area (Å²) in [5, 5.41) is 1.09. The predicted molar refractivity (Wildman–Crippen MR) is 84.0 cm³/mol. The fraction of sp³-hybridized carbons (Fsp3) is 0.133. The van der Waals surface area contributed by atoms with Crippen LogP contribution in [-0.4, -0.2) is 5.88 Å². The van der Waals surface area contributed by atoms with E-state index in [0.29, 0.717) is 15.9 Å². The molecule has 2 aromatic rings. The molecule has 0 N–H and O–H groups in total. The lowest BCUT2D eigenvalue weighted by Crippen LogP contribution is -1.85. The summed E-state index contributed by atoms with van der Waals surface area (Å²) in [5.41, 5.74) is 3.28. The van der Waals surface area contributed by atoms with Gasteiger partial charge in [0.2, 0.25) is 0 Å². The fourth-order valence-electron chi connectivity index (χ4n) is 1.76. The number of hydrogen-bond donors (Lipinski definition) is 0. The first-order chi connectivity index (χ1) is 9.11. The van der Waals surface area contributed by atoms with Crippen LogP contribution in [0.4, 0.5) is 0 Å². The van der Waals surface area contributed by atoms with E-state index in [4.69, 9.17) is 29.8 Å². The van der Waals surface area contributed by atoms with Crippen molar-refractivity contribution in [3.05, 3.63) is 63.4 Å². The molecule has 0 aliphatic carbocycles. The van der Waals surface area contributed by atoms with E-state index in [9.17, 15) is 0 Å². The Morgan fingerprint density at radius 2 is 1.89 bits per heavy atom. The Hall–Kier alpha value is -1.14. The van der Waals surface area contributed by atoms with Crippen molar-refractivity contribution in [1.82, 2.24) is 0 Å². The summed E-state index contributed by atoms with van der Waals surface area (Å²) in [6.07, 6.45) is 0. The molecule has 2 aromatic carbocycles. The van der Waals surface area contributed by atoms with Gasteiger partial charge < -0.3 is 4.85 Å². The molecule has 0 spiro atoms. The van der Waals surface area contributed by atoms with E-state index in [0.717, 1.165) is 16.0 Å². The van der Waals surface area contributed by atoms with Gasteiger partial charge in [-0.3, -0.25) is 0 Å². The van der Waals surface area contributed by atoms with Gasteiger partial charge in [0.15, 0.2) is 0 Å². The maximum absolute atomic E-state index is 6.90. The normalized spacial score (nSPS) is 10.2. The molecule has 19 heavy (non-hydrogen) atoms. The summed E-state index contributed by atoms with van der Waals surface area (Å²) >= 11 is 13.5. The van der Waals surface area contributed by atoms with E-state index in [1.165, 1.54) is 17.3 Å². The maximum atomic E-state index is 6.90. The molecule has 0 amide bonds. The largest absolute Gasteiger partial charge is 0.305 e. The van der Waals surface area contributed by atoms with E-state index >= 15 is 0 Å². The molecule has 0 aliphatic heterocycles. The van der Waals surface area contributed by atoms with Gasteiger partial charge in [0.25, 0.3) is 5.88 Å². The minimum absolute atomic E-state index is 0.414. The zero-order valence-electron chi connectivity index (χ0n) is 10.3. The summed E-state index contributed by atoms with van der Waals surface area (Å²) in [6.45, 7) is 8.94. The van der Waals surface area contributed by atoms with Crippen LogP contribution in [-0.2, 0) is 0 Å². The molecule has 0 fully saturated rings. The van der Waals surface area contributed by atoms with Gasteiger partial charge in [-0.05, 0) is 48.0 Å². The highest BCUT2D eigenvalue weighted by atomic mass is 35.5. The quantitative estimate of drug-likeness (QED) is 0.501. The number of nitrogens with zero attached hydrogens (tertiary/aromatic N) is 1. The third kappa shape index (κ3) is 3.45. The second-order valence-corrected chi connectivity index (χ2v) is 5.86. The van der Waals surface area contributed by atoms with Gasteiger partial charge in [-0.15, -0.1) is 0 Å². The predicted octanol–water partition coefficient (Wildman–Crippen LogP) is 5.94. The van der Waals surface area contributed by atoms with Crippen molar-refractivity contribution in [3.63, 3.8) is 0 Å². The van der Waals surface area contributed by atoms with E-state index in [2.05, 4.69) is 10.9 Å². The van der Waals surface area contributed by atoms with Gasteiger partial charge in [-0.2, -0.15) is 0 Å². The molecule has 0 saturated carbocycles. The summed E-state index contributed by atoms with van der Waals surface area (Å²) in [5.74, 6) is 0.414. The lowest BCUT2D eigenvalue weighted by Gasteiger charge is -2.09. The Kier molecular flexibility index (Phi) is 4.76. The summed E-state index contributed by atoms with van der Waals surface area (Å²) in [4.78, 5) is 4.47. The third-order valence-electron chi connectivity index (χ3n) is 2.65. The molecule has 0 unspecified atom stereocenters. The third-order valence-corrected chi connectivity index (χ3v) is 4.31. The lowest BCUT2D eigenvalue weighted by atomic mass is 10.0. The van der Waals surface area contributed by atoms with Crippen molar-refractivity contribution < 1.29 is 0 Å². The number of thioether (sulfide) groups is 1. The molecule has 2 rings (SSSR count). The maximum Gasteiger partial charge on any atom is 0.264 e. The second kappa shape index (κ2) is 6.34. The van der Waals surface area contributed by atoms with E-state index in [1.54, 1.807) is 6.07 Å². The van der Waals surface area contributed by atoms with E-state index in [-0.39, 0.29) is 0 Å². The number of rotatable bonds is 3. The molecular weight excluding hydrogens is 297 g/mol. The topological polar surface area (TPSA) is 4.36 Å².